The molecule has 3 N–H and O–H groups in total. The van der Waals surface area contributed by atoms with Gasteiger partial charge in [0.2, 0.25) is 5.91 Å². The molecular weight excluding hydrogens is 562 g/mol. The maximum absolute atomic E-state index is 12.9. The van der Waals surface area contributed by atoms with Gasteiger partial charge in [0.1, 0.15) is 30.3 Å². The lowest BCUT2D eigenvalue weighted by Gasteiger charge is -2.24. The quantitative estimate of drug-likeness (QED) is 0.109. The maximum atomic E-state index is 12.9. The number of aromatic amines is 1. The first-order valence-corrected chi connectivity index (χ1v) is 13.9. The number of hydrogen-bond acceptors (Lipinski definition) is 8. The van der Waals surface area contributed by atoms with Crippen molar-refractivity contribution in [2.24, 2.45) is 0 Å². The number of H-pyrrole nitrogens is 1. The van der Waals surface area contributed by atoms with Crippen LogP contribution in [0.25, 0.3) is 28.6 Å². The molecule has 11 heteroatoms. The third kappa shape index (κ3) is 6.96. The summed E-state index contributed by atoms with van der Waals surface area (Å²) >= 11 is 0. The minimum atomic E-state index is -0.736. The van der Waals surface area contributed by atoms with Gasteiger partial charge in [0, 0.05) is 28.8 Å². The standard InChI is InChI=1S/C33H29N5O6/c1-2-43-32(41)22(17-18-39)14-11-21-12-15-24(16-13-21)35-29(40)20-34-33(42)44-28-19-23-7-3-4-8-25(23)30-31(37-38-36-30)27-10-6-5-9-26(27)28/h3-18,28H,2,19-20H2,1H3,(H,34,42)(H,35,40)(H,36,37,38)/b14-11+,22-17-. The number of ether oxygens (including phenoxy) is 2. The molecule has 0 saturated heterocycles. The number of carbonyl (C=O) groups excluding carboxylic acids is 4. The van der Waals surface area contributed by atoms with Gasteiger partial charge in [-0.15, -0.1) is 0 Å². The first-order chi connectivity index (χ1) is 21.5. The third-order valence-electron chi connectivity index (χ3n) is 6.84. The normalized spacial score (nSPS) is 13.8. The van der Waals surface area contributed by atoms with Crippen molar-refractivity contribution in [1.82, 2.24) is 20.7 Å². The summed E-state index contributed by atoms with van der Waals surface area (Å²) in [6, 6.07) is 22.1. The highest BCUT2D eigenvalue weighted by molar-refractivity contribution is 5.97. The largest absolute Gasteiger partial charge is 0.462 e. The zero-order chi connectivity index (χ0) is 30.9. The molecule has 0 radical (unpaired) electrons. The van der Waals surface area contributed by atoms with Gasteiger partial charge in [-0.1, -0.05) is 66.7 Å². The van der Waals surface area contributed by atoms with Crippen LogP contribution < -0.4 is 10.6 Å². The van der Waals surface area contributed by atoms with E-state index in [1.54, 1.807) is 37.3 Å². The minimum absolute atomic E-state index is 0.118. The maximum Gasteiger partial charge on any atom is 0.408 e. The van der Waals surface area contributed by atoms with E-state index in [1.807, 2.05) is 48.5 Å². The Balaban J connectivity index is 1.20. The van der Waals surface area contributed by atoms with E-state index < -0.39 is 24.1 Å². The number of fused-ring (bicyclic) bond motifs is 5. The van der Waals surface area contributed by atoms with Gasteiger partial charge in [-0.25, -0.2) is 9.59 Å². The average Bonchev–Trinajstić information content (AvgIpc) is 3.51. The van der Waals surface area contributed by atoms with Gasteiger partial charge in [0.25, 0.3) is 0 Å². The van der Waals surface area contributed by atoms with Crippen molar-refractivity contribution in [3.8, 4) is 22.5 Å². The summed E-state index contributed by atoms with van der Waals surface area (Å²) in [6.45, 7) is 1.56. The number of aldehydes is 1. The molecule has 11 nitrogen and oxygen atoms in total. The molecule has 0 bridgehead atoms. The molecule has 44 heavy (non-hydrogen) atoms. The van der Waals surface area contributed by atoms with Crippen LogP contribution in [0.4, 0.5) is 10.5 Å². The molecule has 2 amide bonds. The lowest BCUT2D eigenvalue weighted by Crippen LogP contribution is -2.34. The highest BCUT2D eigenvalue weighted by atomic mass is 16.6. The number of carbonyl (C=O) groups is 4. The van der Waals surface area contributed by atoms with E-state index in [4.69, 9.17) is 9.47 Å². The number of rotatable bonds is 9. The number of alkyl carbamates (subject to hydrolysis) is 1. The Morgan fingerprint density at radius 2 is 1.66 bits per heavy atom. The lowest BCUT2D eigenvalue weighted by molar-refractivity contribution is -0.138. The number of anilines is 1. The fourth-order valence-electron chi connectivity index (χ4n) is 4.82. The van der Waals surface area contributed by atoms with Crippen LogP contribution in [0.2, 0.25) is 0 Å². The van der Waals surface area contributed by atoms with Gasteiger partial charge in [-0.05, 0) is 42.3 Å². The predicted octanol–water partition coefficient (Wildman–Crippen LogP) is 4.80. The third-order valence-corrected chi connectivity index (χ3v) is 6.84. The van der Waals surface area contributed by atoms with Gasteiger partial charge in [0.05, 0.1) is 12.2 Å². The molecule has 0 spiro atoms. The summed E-state index contributed by atoms with van der Waals surface area (Å²) < 4.78 is 10.8. The molecule has 0 fully saturated rings. The molecule has 1 aliphatic carbocycles. The van der Waals surface area contributed by atoms with Crippen LogP contribution in [0.3, 0.4) is 0 Å². The Morgan fingerprint density at radius 3 is 2.41 bits per heavy atom. The van der Waals surface area contributed by atoms with Crippen molar-refractivity contribution in [3.63, 3.8) is 0 Å². The molecule has 1 unspecified atom stereocenters. The van der Waals surface area contributed by atoms with Crippen LogP contribution in [0.1, 0.15) is 29.7 Å². The van der Waals surface area contributed by atoms with Gasteiger partial charge in [0.15, 0.2) is 0 Å². The molecule has 0 aliphatic heterocycles. The number of nitrogens with zero attached hydrogens (tertiary/aromatic N) is 2. The van der Waals surface area contributed by atoms with E-state index in [-0.39, 0.29) is 18.7 Å². The Bertz CT molecular complexity index is 1740. The number of nitrogens with one attached hydrogen (secondary N) is 3. The predicted molar refractivity (Wildman–Crippen MR) is 163 cm³/mol. The van der Waals surface area contributed by atoms with Crippen LogP contribution >= 0.6 is 0 Å². The van der Waals surface area contributed by atoms with Crippen molar-refractivity contribution in [2.45, 2.75) is 19.4 Å². The second-order valence-corrected chi connectivity index (χ2v) is 9.70. The second-order valence-electron chi connectivity index (χ2n) is 9.70. The second kappa shape index (κ2) is 13.9. The van der Waals surface area contributed by atoms with Crippen molar-refractivity contribution >= 4 is 36.0 Å². The smallest absolute Gasteiger partial charge is 0.408 e. The molecule has 5 rings (SSSR count). The number of esters is 1. The monoisotopic (exact) mass is 591 g/mol. The number of amides is 2. The van der Waals surface area contributed by atoms with Gasteiger partial charge < -0.3 is 20.1 Å². The van der Waals surface area contributed by atoms with Crippen LogP contribution in [0.15, 0.2) is 90.5 Å². The summed E-state index contributed by atoms with van der Waals surface area (Å²) in [5.74, 6) is -1.04. The van der Waals surface area contributed by atoms with E-state index in [0.717, 1.165) is 39.6 Å². The SMILES string of the molecule is CCOC(=O)C(=C\C=O)/C=C/c1ccc(NC(=O)CNC(=O)OC2Cc3ccccc3-c3n[nH]nc3-c3ccccc32)cc1. The van der Waals surface area contributed by atoms with Crippen LogP contribution in [0.5, 0.6) is 0 Å². The molecule has 222 valence electrons. The molecule has 1 atom stereocenters. The first kappa shape index (κ1) is 29.6. The molecule has 1 heterocycles. The molecular formula is C33H29N5O6. The highest BCUT2D eigenvalue weighted by Crippen LogP contribution is 2.40. The highest BCUT2D eigenvalue weighted by Gasteiger charge is 2.28. The van der Waals surface area contributed by atoms with Crippen molar-refractivity contribution in [2.75, 3.05) is 18.5 Å². The zero-order valence-electron chi connectivity index (χ0n) is 23.8. The molecule has 1 aliphatic rings. The number of aromatic nitrogens is 3. The van der Waals surface area contributed by atoms with Crippen molar-refractivity contribution < 1.29 is 28.7 Å². The number of allylic oxidation sites excluding steroid dienone is 1. The average molecular weight is 592 g/mol. The fraction of sp³-hybridized carbons (Fsp3) is 0.152. The number of benzene rings is 3. The summed E-state index contributed by atoms with van der Waals surface area (Å²) in [5, 5.41) is 16.7. The van der Waals surface area contributed by atoms with Gasteiger partial charge in [-0.2, -0.15) is 15.4 Å². The zero-order valence-corrected chi connectivity index (χ0v) is 23.8. The van der Waals surface area contributed by atoms with E-state index in [2.05, 4.69) is 26.0 Å². The Hall–Kier alpha value is -5.84. The van der Waals surface area contributed by atoms with Crippen molar-refractivity contribution in [1.29, 1.82) is 0 Å². The lowest BCUT2D eigenvalue weighted by atomic mass is 9.88. The first-order valence-electron chi connectivity index (χ1n) is 13.9. The minimum Gasteiger partial charge on any atom is -0.462 e. The molecule has 4 aromatic rings. The summed E-state index contributed by atoms with van der Waals surface area (Å²) in [7, 11) is 0. The molecule has 3 aromatic carbocycles. The summed E-state index contributed by atoms with van der Waals surface area (Å²) in [6.07, 6.45) is 3.81. The van der Waals surface area contributed by atoms with Crippen LogP contribution in [-0.2, 0) is 30.3 Å². The Kier molecular flexibility index (Phi) is 9.35. The van der Waals surface area contributed by atoms with E-state index >= 15 is 0 Å². The topological polar surface area (TPSA) is 152 Å². The summed E-state index contributed by atoms with van der Waals surface area (Å²) in [5.41, 5.74) is 6.17. The van der Waals surface area contributed by atoms with Gasteiger partial charge in [-0.3, -0.25) is 9.59 Å². The van der Waals surface area contributed by atoms with Crippen molar-refractivity contribution in [3.05, 3.63) is 107 Å². The number of hydrogen-bond donors (Lipinski definition) is 3. The molecule has 1 aromatic heterocycles. The fourth-order valence-corrected chi connectivity index (χ4v) is 4.82. The van der Waals surface area contributed by atoms with E-state index in [9.17, 15) is 19.2 Å². The molecule has 0 saturated carbocycles. The van der Waals surface area contributed by atoms with Crippen LogP contribution in [-0.4, -0.2) is 52.8 Å². The van der Waals surface area contributed by atoms with E-state index in [1.165, 1.54) is 6.08 Å². The Morgan fingerprint density at radius 1 is 0.955 bits per heavy atom. The summed E-state index contributed by atoms with van der Waals surface area (Å²) in [4.78, 5) is 48.2. The van der Waals surface area contributed by atoms with E-state index in [0.29, 0.717) is 24.1 Å². The Labute approximate surface area is 253 Å². The van der Waals surface area contributed by atoms with Crippen LogP contribution in [0, 0.1) is 0 Å². The van der Waals surface area contributed by atoms with Gasteiger partial charge >= 0.3 is 12.1 Å².